The summed E-state index contributed by atoms with van der Waals surface area (Å²) in [5.41, 5.74) is 0.909. The van der Waals surface area contributed by atoms with Crippen LogP contribution in [-0.4, -0.2) is 47.3 Å². The Morgan fingerprint density at radius 3 is 1.83 bits per heavy atom. The highest BCUT2D eigenvalue weighted by atomic mass is 79.9. The van der Waals surface area contributed by atoms with E-state index in [1.54, 1.807) is 0 Å². The Kier molecular flexibility index (Phi) is 7.34. The normalized spacial score (nSPS) is 14.3. The average Bonchev–Trinajstić information content (AvgIpc) is 2.38. The lowest BCUT2D eigenvalue weighted by Crippen LogP contribution is -2.39. The first-order valence-electron chi connectivity index (χ1n) is 5.55. The maximum atomic E-state index is 9.63. The lowest BCUT2D eigenvalue weighted by molar-refractivity contribution is 0.181. The number of aliphatic hydroxyl groups is 2. The molecule has 2 N–H and O–H groups in total. The van der Waals surface area contributed by atoms with Crippen LogP contribution in [0.5, 0.6) is 0 Å². The maximum Gasteiger partial charge on any atom is 0.0850 e. The molecule has 0 saturated carbocycles. The Bertz CT molecular complexity index is 338. The average molecular weight is 357 g/mol. The van der Waals surface area contributed by atoms with Crippen LogP contribution in [0, 0.1) is 0 Å². The third-order valence-corrected chi connectivity index (χ3v) is 3.65. The summed E-state index contributed by atoms with van der Waals surface area (Å²) < 4.78 is 0.974. The van der Waals surface area contributed by atoms with Crippen LogP contribution in [-0.2, 0) is 0 Å². The molecule has 0 saturated heterocycles. The van der Waals surface area contributed by atoms with E-state index in [1.807, 2.05) is 29.2 Å². The van der Waals surface area contributed by atoms with Crippen molar-refractivity contribution in [2.75, 3.05) is 29.7 Å². The summed E-state index contributed by atoms with van der Waals surface area (Å²) in [5, 5.41) is 19.3. The molecule has 1 aromatic carbocycles. The molecule has 0 fully saturated rings. The second-order valence-electron chi connectivity index (χ2n) is 4.00. The number of anilines is 1. The monoisotopic (exact) mass is 355 g/mol. The highest BCUT2D eigenvalue weighted by Gasteiger charge is 2.15. The molecule has 0 radical (unpaired) electrons. The Labute approximate surface area is 125 Å². The van der Waals surface area contributed by atoms with Crippen molar-refractivity contribution in [3.05, 3.63) is 28.7 Å². The van der Waals surface area contributed by atoms with Crippen LogP contribution in [0.4, 0.5) is 5.69 Å². The van der Waals surface area contributed by atoms with Crippen molar-refractivity contribution in [1.29, 1.82) is 0 Å². The minimum Gasteiger partial charge on any atom is -0.390 e. The number of rotatable bonds is 7. The number of halogens is 3. The summed E-state index contributed by atoms with van der Waals surface area (Å²) in [6.07, 6.45) is -1.28. The van der Waals surface area contributed by atoms with E-state index in [2.05, 4.69) is 15.9 Å². The molecule has 0 spiro atoms. The van der Waals surface area contributed by atoms with Gasteiger partial charge in [-0.2, -0.15) is 0 Å². The molecule has 2 atom stereocenters. The molecule has 0 heterocycles. The molecule has 0 aromatic heterocycles. The molecule has 0 aliphatic heterocycles. The number of aliphatic hydroxyl groups excluding tert-OH is 2. The first-order chi connectivity index (χ1) is 8.56. The first-order valence-corrected chi connectivity index (χ1v) is 7.41. The van der Waals surface area contributed by atoms with Gasteiger partial charge in [-0.15, -0.1) is 23.2 Å². The topological polar surface area (TPSA) is 43.7 Å². The molecular weight excluding hydrogens is 341 g/mol. The van der Waals surface area contributed by atoms with Gasteiger partial charge in [-0.25, -0.2) is 0 Å². The Morgan fingerprint density at radius 2 is 1.44 bits per heavy atom. The molecule has 0 aliphatic carbocycles. The largest absolute Gasteiger partial charge is 0.390 e. The maximum absolute atomic E-state index is 9.63. The highest BCUT2D eigenvalue weighted by Crippen LogP contribution is 2.19. The van der Waals surface area contributed by atoms with Crippen LogP contribution < -0.4 is 4.90 Å². The Hall–Kier alpha value is -0.000000000000000111. The van der Waals surface area contributed by atoms with E-state index in [4.69, 9.17) is 23.2 Å². The fourth-order valence-electron chi connectivity index (χ4n) is 1.54. The van der Waals surface area contributed by atoms with E-state index in [9.17, 15) is 10.2 Å². The summed E-state index contributed by atoms with van der Waals surface area (Å²) in [6.45, 7) is 0.720. The molecule has 6 heteroatoms. The quantitative estimate of drug-likeness (QED) is 0.737. The molecule has 1 aromatic rings. The van der Waals surface area contributed by atoms with Crippen molar-refractivity contribution >= 4 is 44.8 Å². The molecule has 0 amide bonds. The van der Waals surface area contributed by atoms with Crippen molar-refractivity contribution in [2.45, 2.75) is 12.2 Å². The number of alkyl halides is 2. The van der Waals surface area contributed by atoms with E-state index in [-0.39, 0.29) is 11.8 Å². The molecular formula is C12H16BrCl2NO2. The van der Waals surface area contributed by atoms with Gasteiger partial charge in [0.1, 0.15) is 0 Å². The van der Waals surface area contributed by atoms with Crippen molar-refractivity contribution < 1.29 is 10.2 Å². The zero-order chi connectivity index (χ0) is 13.5. The SMILES string of the molecule is OC(CCl)CN(CC(O)CCl)c1ccc(Br)cc1. The predicted molar refractivity (Wildman–Crippen MR) is 79.8 cm³/mol. The fourth-order valence-corrected chi connectivity index (χ4v) is 2.00. The zero-order valence-electron chi connectivity index (χ0n) is 9.77. The summed E-state index contributed by atoms with van der Waals surface area (Å²) in [6, 6.07) is 7.63. The second kappa shape index (κ2) is 8.23. The van der Waals surface area contributed by atoms with Gasteiger partial charge < -0.3 is 15.1 Å². The van der Waals surface area contributed by atoms with Crippen molar-refractivity contribution in [3.63, 3.8) is 0 Å². The highest BCUT2D eigenvalue weighted by molar-refractivity contribution is 9.10. The van der Waals surface area contributed by atoms with Crippen LogP contribution in [0.1, 0.15) is 0 Å². The van der Waals surface area contributed by atoms with Crippen LogP contribution >= 0.6 is 39.1 Å². The minimum absolute atomic E-state index is 0.157. The smallest absolute Gasteiger partial charge is 0.0850 e. The summed E-state index contributed by atoms with van der Waals surface area (Å²) in [5.74, 6) is 0.313. The van der Waals surface area contributed by atoms with Gasteiger partial charge in [0, 0.05) is 23.2 Å². The van der Waals surface area contributed by atoms with Crippen LogP contribution in [0.3, 0.4) is 0 Å². The Balaban J connectivity index is 2.78. The van der Waals surface area contributed by atoms with E-state index < -0.39 is 12.2 Å². The molecule has 0 aliphatic rings. The van der Waals surface area contributed by atoms with Gasteiger partial charge in [0.05, 0.1) is 24.0 Å². The van der Waals surface area contributed by atoms with Gasteiger partial charge in [-0.3, -0.25) is 0 Å². The fraction of sp³-hybridized carbons (Fsp3) is 0.500. The van der Waals surface area contributed by atoms with E-state index in [1.165, 1.54) is 0 Å². The van der Waals surface area contributed by atoms with Gasteiger partial charge in [0.15, 0.2) is 0 Å². The lowest BCUT2D eigenvalue weighted by Gasteiger charge is -2.28. The second-order valence-corrected chi connectivity index (χ2v) is 5.53. The van der Waals surface area contributed by atoms with Gasteiger partial charge in [0.25, 0.3) is 0 Å². The summed E-state index contributed by atoms with van der Waals surface area (Å²) in [4.78, 5) is 1.87. The van der Waals surface area contributed by atoms with Gasteiger partial charge in [-0.05, 0) is 24.3 Å². The van der Waals surface area contributed by atoms with Gasteiger partial charge >= 0.3 is 0 Å². The van der Waals surface area contributed by atoms with Gasteiger partial charge in [-0.1, -0.05) is 15.9 Å². The summed E-state index contributed by atoms with van der Waals surface area (Å²) in [7, 11) is 0. The Morgan fingerprint density at radius 1 is 1.00 bits per heavy atom. The zero-order valence-corrected chi connectivity index (χ0v) is 12.9. The van der Waals surface area contributed by atoms with E-state index >= 15 is 0 Å². The molecule has 0 bridgehead atoms. The van der Waals surface area contributed by atoms with Crippen molar-refractivity contribution in [2.24, 2.45) is 0 Å². The molecule has 2 unspecified atom stereocenters. The molecule has 18 heavy (non-hydrogen) atoms. The van der Waals surface area contributed by atoms with Crippen molar-refractivity contribution in [1.82, 2.24) is 0 Å². The first kappa shape index (κ1) is 16.1. The van der Waals surface area contributed by atoms with Gasteiger partial charge in [0.2, 0.25) is 0 Å². The lowest BCUT2D eigenvalue weighted by atomic mass is 10.2. The third-order valence-electron chi connectivity index (χ3n) is 2.41. The van der Waals surface area contributed by atoms with E-state index in [0.717, 1.165) is 10.2 Å². The van der Waals surface area contributed by atoms with E-state index in [0.29, 0.717) is 13.1 Å². The molecule has 3 nitrogen and oxygen atoms in total. The molecule has 102 valence electrons. The van der Waals surface area contributed by atoms with Crippen LogP contribution in [0.15, 0.2) is 28.7 Å². The van der Waals surface area contributed by atoms with Crippen LogP contribution in [0.2, 0.25) is 0 Å². The predicted octanol–water partition coefficient (Wildman–Crippen LogP) is 2.45. The number of hydrogen-bond donors (Lipinski definition) is 2. The number of benzene rings is 1. The minimum atomic E-state index is -0.641. The van der Waals surface area contributed by atoms with Crippen molar-refractivity contribution in [3.8, 4) is 0 Å². The number of nitrogens with zero attached hydrogens (tertiary/aromatic N) is 1. The number of hydrogen-bond acceptors (Lipinski definition) is 3. The third kappa shape index (κ3) is 5.33. The standard InChI is InChI=1S/C12H16BrCl2NO2/c13-9-1-3-10(4-2-9)16(7-11(17)5-14)8-12(18)6-15/h1-4,11-12,17-18H,5-8H2. The molecule has 1 rings (SSSR count). The van der Waals surface area contributed by atoms with Crippen LogP contribution in [0.25, 0.3) is 0 Å². The summed E-state index contributed by atoms with van der Waals surface area (Å²) >= 11 is 14.6.